The number of aryl methyl sites for hydroxylation is 1. The van der Waals surface area contributed by atoms with Crippen LogP contribution in [0.3, 0.4) is 0 Å². The van der Waals surface area contributed by atoms with Crippen LogP contribution in [0, 0.1) is 12.8 Å². The van der Waals surface area contributed by atoms with E-state index in [0.29, 0.717) is 44.7 Å². The quantitative estimate of drug-likeness (QED) is 0.502. The summed E-state index contributed by atoms with van der Waals surface area (Å²) in [6, 6.07) is 9.40. The maximum atomic E-state index is 12.8. The van der Waals surface area contributed by atoms with E-state index >= 15 is 0 Å². The fourth-order valence-electron chi connectivity index (χ4n) is 5.34. The van der Waals surface area contributed by atoms with Crippen molar-refractivity contribution in [3.8, 4) is 11.1 Å². The fraction of sp³-hybridized carbons (Fsp3) is 0.556. The van der Waals surface area contributed by atoms with Gasteiger partial charge in [0.1, 0.15) is 11.6 Å². The number of carbonyl (C=O) groups excluding carboxylic acids is 1. The number of nitrogens with one attached hydrogen (secondary N) is 2. The Morgan fingerprint density at radius 1 is 1.16 bits per heavy atom. The molecule has 0 unspecified atom stereocenters. The van der Waals surface area contributed by atoms with Crippen molar-refractivity contribution >= 4 is 23.4 Å². The SMILES string of the molecule is Cc1ccc(NC(=O)N2CC[C@@H](CC(F)(F)F)C2)cc1-c1cc(NC2CC(O)C2)nc(N2CCOCC2)c1. The molecule has 0 spiro atoms. The van der Waals surface area contributed by atoms with Gasteiger partial charge in [-0.05, 0) is 73.1 Å². The third kappa shape index (κ3) is 6.50. The predicted molar refractivity (Wildman–Crippen MR) is 139 cm³/mol. The van der Waals surface area contributed by atoms with Crippen LogP contribution in [0.25, 0.3) is 11.1 Å². The number of pyridine rings is 1. The monoisotopic (exact) mass is 533 g/mol. The number of morpholine rings is 1. The molecule has 2 aliphatic heterocycles. The molecule has 0 bridgehead atoms. The van der Waals surface area contributed by atoms with Gasteiger partial charge >= 0.3 is 12.2 Å². The van der Waals surface area contributed by atoms with Crippen molar-refractivity contribution in [3.63, 3.8) is 0 Å². The molecule has 1 saturated carbocycles. The molecule has 3 fully saturated rings. The number of amides is 2. The zero-order valence-corrected chi connectivity index (χ0v) is 21.4. The average molecular weight is 534 g/mol. The standard InChI is InChI=1S/C27H34F3N5O3/c1-17-2-3-20(32-26(37)35-5-4-18(16-35)15-27(28,29)30)14-23(17)19-10-24(31-21-12-22(36)13-21)33-25(11-19)34-6-8-38-9-7-34/h2-3,10-11,14,18,21-22,36H,4-9,12-13,15-16H2,1H3,(H,31,33)(H,32,37)/t18-,21?,22?/m0/s1. The zero-order valence-electron chi connectivity index (χ0n) is 21.4. The van der Waals surface area contributed by atoms with E-state index in [9.17, 15) is 23.1 Å². The second-order valence-electron chi connectivity index (χ2n) is 10.5. The van der Waals surface area contributed by atoms with Gasteiger partial charge in [0.2, 0.25) is 0 Å². The van der Waals surface area contributed by atoms with Crippen LogP contribution in [0.4, 0.5) is 35.3 Å². The van der Waals surface area contributed by atoms with Gasteiger partial charge in [-0.2, -0.15) is 13.2 Å². The molecule has 1 aromatic carbocycles. The van der Waals surface area contributed by atoms with Crippen LogP contribution in [0.1, 0.15) is 31.2 Å². The van der Waals surface area contributed by atoms with Crippen LogP contribution in [0.2, 0.25) is 0 Å². The first kappa shape index (κ1) is 26.6. The Labute approximate surface area is 220 Å². The first-order chi connectivity index (χ1) is 18.1. The molecule has 11 heteroatoms. The molecule has 1 atom stereocenters. The van der Waals surface area contributed by atoms with Gasteiger partial charge < -0.3 is 30.3 Å². The molecule has 2 amide bonds. The van der Waals surface area contributed by atoms with Crippen molar-refractivity contribution in [2.45, 2.75) is 50.9 Å². The molecule has 38 heavy (non-hydrogen) atoms. The van der Waals surface area contributed by atoms with Gasteiger partial charge in [0.15, 0.2) is 0 Å². The second kappa shape index (κ2) is 11.0. The van der Waals surface area contributed by atoms with E-state index in [1.165, 1.54) is 4.90 Å². The maximum Gasteiger partial charge on any atom is 0.389 e. The summed E-state index contributed by atoms with van der Waals surface area (Å²) in [5.74, 6) is 0.991. The van der Waals surface area contributed by atoms with Crippen LogP contribution < -0.4 is 15.5 Å². The molecule has 2 saturated heterocycles. The minimum Gasteiger partial charge on any atom is -0.393 e. The number of rotatable bonds is 6. The molecule has 3 heterocycles. The summed E-state index contributed by atoms with van der Waals surface area (Å²) in [6.07, 6.45) is -3.66. The number of benzene rings is 1. The van der Waals surface area contributed by atoms with E-state index in [-0.39, 0.29) is 24.7 Å². The van der Waals surface area contributed by atoms with Gasteiger partial charge in [-0.3, -0.25) is 0 Å². The molecule has 5 rings (SSSR count). The topological polar surface area (TPSA) is 90.0 Å². The van der Waals surface area contributed by atoms with E-state index < -0.39 is 18.5 Å². The second-order valence-corrected chi connectivity index (χ2v) is 10.5. The smallest absolute Gasteiger partial charge is 0.389 e. The van der Waals surface area contributed by atoms with Gasteiger partial charge in [0, 0.05) is 44.3 Å². The minimum atomic E-state index is -4.22. The first-order valence-electron chi connectivity index (χ1n) is 13.2. The number of aliphatic hydroxyl groups excluding tert-OH is 1. The summed E-state index contributed by atoms with van der Waals surface area (Å²) in [5, 5.41) is 16.0. The van der Waals surface area contributed by atoms with Gasteiger partial charge in [0.05, 0.1) is 19.3 Å². The highest BCUT2D eigenvalue weighted by molar-refractivity contribution is 5.91. The van der Waals surface area contributed by atoms with Crippen LogP contribution >= 0.6 is 0 Å². The number of aliphatic hydroxyl groups is 1. The summed E-state index contributed by atoms with van der Waals surface area (Å²) in [6.45, 7) is 5.13. The van der Waals surface area contributed by atoms with Crippen molar-refractivity contribution in [2.24, 2.45) is 5.92 Å². The Hall–Kier alpha value is -3.05. The van der Waals surface area contributed by atoms with E-state index in [4.69, 9.17) is 9.72 Å². The van der Waals surface area contributed by atoms with E-state index in [0.717, 1.165) is 41.4 Å². The Morgan fingerprint density at radius 2 is 1.92 bits per heavy atom. The van der Waals surface area contributed by atoms with Gasteiger partial charge in [-0.15, -0.1) is 0 Å². The number of nitrogens with zero attached hydrogens (tertiary/aromatic N) is 3. The van der Waals surface area contributed by atoms with E-state index in [1.54, 1.807) is 6.07 Å². The van der Waals surface area contributed by atoms with Crippen LogP contribution in [0.15, 0.2) is 30.3 Å². The lowest BCUT2D eigenvalue weighted by molar-refractivity contribution is -0.143. The third-order valence-electron chi connectivity index (χ3n) is 7.51. The Morgan fingerprint density at radius 3 is 2.63 bits per heavy atom. The molecule has 0 radical (unpaired) electrons. The Bertz CT molecular complexity index is 1150. The van der Waals surface area contributed by atoms with Crippen molar-refractivity contribution in [1.82, 2.24) is 9.88 Å². The summed E-state index contributed by atoms with van der Waals surface area (Å²) in [4.78, 5) is 21.3. The lowest BCUT2D eigenvalue weighted by Crippen LogP contribution is -2.39. The van der Waals surface area contributed by atoms with Crippen molar-refractivity contribution in [3.05, 3.63) is 35.9 Å². The zero-order chi connectivity index (χ0) is 26.9. The van der Waals surface area contributed by atoms with Crippen molar-refractivity contribution in [2.75, 3.05) is 54.9 Å². The number of alkyl halides is 3. The predicted octanol–water partition coefficient (Wildman–Crippen LogP) is 4.64. The molecule has 3 N–H and O–H groups in total. The molecule has 206 valence electrons. The number of likely N-dealkylation sites (tertiary alicyclic amines) is 1. The Balaban J connectivity index is 1.35. The molecule has 3 aliphatic rings. The average Bonchev–Trinajstić information content (AvgIpc) is 3.31. The summed E-state index contributed by atoms with van der Waals surface area (Å²) >= 11 is 0. The number of urea groups is 1. The minimum absolute atomic E-state index is 0.0994. The van der Waals surface area contributed by atoms with Crippen molar-refractivity contribution < 1.29 is 27.8 Å². The highest BCUT2D eigenvalue weighted by Crippen LogP contribution is 2.34. The lowest BCUT2D eigenvalue weighted by Gasteiger charge is -2.33. The number of ether oxygens (including phenoxy) is 1. The highest BCUT2D eigenvalue weighted by Gasteiger charge is 2.36. The highest BCUT2D eigenvalue weighted by atomic mass is 19.4. The number of anilines is 3. The third-order valence-corrected chi connectivity index (χ3v) is 7.51. The number of hydrogen-bond acceptors (Lipinski definition) is 6. The number of hydrogen-bond donors (Lipinski definition) is 3. The van der Waals surface area contributed by atoms with Gasteiger partial charge in [-0.25, -0.2) is 9.78 Å². The molecule has 1 aliphatic carbocycles. The maximum absolute atomic E-state index is 12.8. The van der Waals surface area contributed by atoms with E-state index in [1.807, 2.05) is 31.2 Å². The molecular weight excluding hydrogens is 499 g/mol. The first-order valence-corrected chi connectivity index (χ1v) is 13.2. The van der Waals surface area contributed by atoms with Crippen LogP contribution in [-0.4, -0.2) is 78.7 Å². The fourth-order valence-corrected chi connectivity index (χ4v) is 5.34. The van der Waals surface area contributed by atoms with Crippen LogP contribution in [-0.2, 0) is 4.74 Å². The largest absolute Gasteiger partial charge is 0.393 e. The molecule has 8 nitrogen and oxygen atoms in total. The number of aromatic nitrogens is 1. The Kier molecular flexibility index (Phi) is 7.67. The number of halogens is 3. The van der Waals surface area contributed by atoms with Crippen molar-refractivity contribution in [1.29, 1.82) is 0 Å². The molecule has 2 aromatic rings. The summed E-state index contributed by atoms with van der Waals surface area (Å²) < 4.78 is 43.8. The van der Waals surface area contributed by atoms with Gasteiger partial charge in [0.25, 0.3) is 0 Å². The summed E-state index contributed by atoms with van der Waals surface area (Å²) in [5.41, 5.74) is 3.45. The van der Waals surface area contributed by atoms with E-state index in [2.05, 4.69) is 15.5 Å². The normalized spacial score (nSPS) is 23.8. The van der Waals surface area contributed by atoms with Crippen LogP contribution in [0.5, 0.6) is 0 Å². The summed E-state index contributed by atoms with van der Waals surface area (Å²) in [7, 11) is 0. The van der Waals surface area contributed by atoms with Gasteiger partial charge in [-0.1, -0.05) is 6.07 Å². The molecular formula is C27H34F3N5O3. The molecule has 1 aromatic heterocycles. The lowest BCUT2D eigenvalue weighted by atomic mass is 9.89. The number of carbonyl (C=O) groups is 1.